The van der Waals surface area contributed by atoms with Crippen molar-refractivity contribution in [1.82, 2.24) is 4.90 Å². The minimum absolute atomic E-state index is 0.118. The molecule has 70 valence electrons. The maximum atomic E-state index is 13.1. The van der Waals surface area contributed by atoms with Crippen LogP contribution >= 0.6 is 0 Å². The summed E-state index contributed by atoms with van der Waals surface area (Å²) in [6, 6.07) is 0. The molecule has 1 aliphatic heterocycles. The van der Waals surface area contributed by atoms with Crippen molar-refractivity contribution in [2.45, 2.75) is 25.1 Å². The van der Waals surface area contributed by atoms with E-state index in [1.165, 1.54) is 0 Å². The third kappa shape index (κ3) is 1.02. The quantitative estimate of drug-likeness (QED) is 0.580. The summed E-state index contributed by atoms with van der Waals surface area (Å²) >= 11 is 0. The Balaban J connectivity index is 2.93. The molecule has 0 aromatic heterocycles. The molecule has 0 bridgehead atoms. The maximum absolute atomic E-state index is 13.1. The van der Waals surface area contributed by atoms with E-state index in [2.05, 4.69) is 0 Å². The number of rotatable bonds is 0. The second-order valence-corrected chi connectivity index (χ2v) is 2.84. The average molecular weight is 183 g/mol. The number of nitrogens with zero attached hydrogens (tertiary/aromatic N) is 1. The minimum atomic E-state index is -3.58. The van der Waals surface area contributed by atoms with E-state index in [1.54, 1.807) is 0 Å². The van der Waals surface area contributed by atoms with Crippen molar-refractivity contribution >= 4 is 6.09 Å². The van der Waals surface area contributed by atoms with Crippen LogP contribution in [0.2, 0.25) is 0 Å². The molecule has 1 heterocycles. The molecule has 0 radical (unpaired) electrons. The Bertz CT molecular complexity index is 217. The molecule has 1 amide bonds. The maximum Gasteiger partial charge on any atom is 0.409 e. The van der Waals surface area contributed by atoms with Gasteiger partial charge in [-0.3, -0.25) is 4.90 Å². The molecule has 1 fully saturated rings. The highest BCUT2D eigenvalue weighted by Crippen LogP contribution is 2.43. The van der Waals surface area contributed by atoms with E-state index >= 15 is 0 Å². The SMILES string of the molecule is CC1(F)N(C(=O)O)CCC1(F)F. The van der Waals surface area contributed by atoms with E-state index in [4.69, 9.17) is 5.11 Å². The smallest absolute Gasteiger partial charge is 0.409 e. The standard InChI is InChI=1S/C6H8F3NO2/c1-5(7)6(8,9)2-3-10(5)4(11)12/h2-3H2,1H3,(H,11,12). The summed E-state index contributed by atoms with van der Waals surface area (Å²) in [6.45, 7) is 0.115. The van der Waals surface area contributed by atoms with Gasteiger partial charge in [0, 0.05) is 13.0 Å². The molecular formula is C6H8F3NO2. The molecule has 1 N–H and O–H groups in total. The lowest BCUT2D eigenvalue weighted by atomic mass is 10.1. The number of hydrogen-bond donors (Lipinski definition) is 1. The lowest BCUT2D eigenvalue weighted by molar-refractivity contribution is -0.149. The Morgan fingerprint density at radius 2 is 2.00 bits per heavy atom. The van der Waals surface area contributed by atoms with Gasteiger partial charge in [-0.2, -0.15) is 0 Å². The summed E-state index contributed by atoms with van der Waals surface area (Å²) in [4.78, 5) is 10.4. The molecule has 0 aliphatic carbocycles. The van der Waals surface area contributed by atoms with Gasteiger partial charge < -0.3 is 5.11 Å². The van der Waals surface area contributed by atoms with Crippen LogP contribution in [-0.4, -0.2) is 34.4 Å². The fourth-order valence-electron chi connectivity index (χ4n) is 1.16. The highest BCUT2D eigenvalue weighted by molar-refractivity contribution is 5.66. The topological polar surface area (TPSA) is 40.5 Å². The molecule has 0 spiro atoms. The fourth-order valence-corrected chi connectivity index (χ4v) is 1.16. The molecule has 0 saturated carbocycles. The largest absolute Gasteiger partial charge is 0.465 e. The molecule has 3 nitrogen and oxygen atoms in total. The van der Waals surface area contributed by atoms with Crippen LogP contribution < -0.4 is 0 Å². The van der Waals surface area contributed by atoms with Gasteiger partial charge in [0.15, 0.2) is 0 Å². The van der Waals surface area contributed by atoms with Crippen molar-refractivity contribution in [1.29, 1.82) is 0 Å². The van der Waals surface area contributed by atoms with Gasteiger partial charge in [0.25, 0.3) is 0 Å². The van der Waals surface area contributed by atoms with Gasteiger partial charge >= 0.3 is 12.0 Å². The van der Waals surface area contributed by atoms with E-state index in [0.29, 0.717) is 6.92 Å². The van der Waals surface area contributed by atoms with Crippen LogP contribution in [0.3, 0.4) is 0 Å². The molecule has 12 heavy (non-hydrogen) atoms. The van der Waals surface area contributed by atoms with Crippen molar-refractivity contribution in [3.8, 4) is 0 Å². The lowest BCUT2D eigenvalue weighted by Gasteiger charge is -2.28. The number of likely N-dealkylation sites (tertiary alicyclic amines) is 1. The molecule has 1 saturated heterocycles. The first-order chi connectivity index (χ1) is 5.29. The minimum Gasteiger partial charge on any atom is -0.465 e. The van der Waals surface area contributed by atoms with Crippen LogP contribution in [0.1, 0.15) is 13.3 Å². The summed E-state index contributed by atoms with van der Waals surface area (Å²) in [7, 11) is 0. The number of alkyl halides is 3. The van der Waals surface area contributed by atoms with Gasteiger partial charge in [0.05, 0.1) is 0 Å². The third-order valence-electron chi connectivity index (χ3n) is 2.05. The number of carbonyl (C=O) groups is 1. The molecule has 1 atom stereocenters. The Labute approximate surface area is 66.8 Å². The number of halogens is 3. The van der Waals surface area contributed by atoms with Gasteiger partial charge in [-0.15, -0.1) is 0 Å². The first-order valence-corrected chi connectivity index (χ1v) is 3.36. The van der Waals surface area contributed by atoms with Crippen LogP contribution in [0.15, 0.2) is 0 Å². The van der Waals surface area contributed by atoms with Crippen molar-refractivity contribution in [3.05, 3.63) is 0 Å². The number of carboxylic acid groups (broad SMARTS) is 1. The highest BCUT2D eigenvalue weighted by Gasteiger charge is 2.61. The second-order valence-electron chi connectivity index (χ2n) is 2.84. The van der Waals surface area contributed by atoms with Gasteiger partial charge in [-0.1, -0.05) is 0 Å². The normalized spacial score (nSPS) is 33.8. The zero-order valence-corrected chi connectivity index (χ0v) is 6.35. The van der Waals surface area contributed by atoms with Gasteiger partial charge in [0.2, 0.25) is 5.79 Å². The summed E-state index contributed by atoms with van der Waals surface area (Å²) in [6.07, 6.45) is -2.41. The molecule has 1 aliphatic rings. The summed E-state index contributed by atoms with van der Waals surface area (Å²) < 4.78 is 38.4. The lowest BCUT2D eigenvalue weighted by Crippen LogP contribution is -2.49. The van der Waals surface area contributed by atoms with E-state index < -0.39 is 30.8 Å². The van der Waals surface area contributed by atoms with Crippen molar-refractivity contribution in [2.75, 3.05) is 6.54 Å². The molecule has 6 heteroatoms. The Morgan fingerprint density at radius 1 is 1.50 bits per heavy atom. The van der Waals surface area contributed by atoms with Gasteiger partial charge in [-0.05, 0) is 6.92 Å². The van der Waals surface area contributed by atoms with Gasteiger partial charge in [0.1, 0.15) is 0 Å². The highest BCUT2D eigenvalue weighted by atomic mass is 19.3. The zero-order valence-electron chi connectivity index (χ0n) is 6.35. The zero-order chi connectivity index (χ0) is 9.57. The van der Waals surface area contributed by atoms with Crippen molar-refractivity contribution in [3.63, 3.8) is 0 Å². The number of hydrogen-bond acceptors (Lipinski definition) is 1. The Morgan fingerprint density at radius 3 is 2.17 bits per heavy atom. The van der Waals surface area contributed by atoms with E-state index in [0.717, 1.165) is 0 Å². The van der Waals surface area contributed by atoms with Crippen LogP contribution in [0.25, 0.3) is 0 Å². The molecule has 1 rings (SSSR count). The molecular weight excluding hydrogens is 175 g/mol. The summed E-state index contributed by atoms with van der Waals surface area (Å²) in [5.74, 6) is -6.65. The molecule has 1 unspecified atom stereocenters. The van der Waals surface area contributed by atoms with E-state index in [1.807, 2.05) is 0 Å². The van der Waals surface area contributed by atoms with E-state index in [-0.39, 0.29) is 4.90 Å². The first kappa shape index (κ1) is 9.15. The molecule has 0 aromatic rings. The van der Waals surface area contributed by atoms with Crippen LogP contribution in [0, 0.1) is 0 Å². The first-order valence-electron chi connectivity index (χ1n) is 3.36. The monoisotopic (exact) mass is 183 g/mol. The van der Waals surface area contributed by atoms with Crippen molar-refractivity contribution < 1.29 is 23.1 Å². The Kier molecular flexibility index (Phi) is 1.73. The predicted molar refractivity (Wildman–Crippen MR) is 33.8 cm³/mol. The Hall–Kier alpha value is -0.940. The van der Waals surface area contributed by atoms with Crippen LogP contribution in [0.5, 0.6) is 0 Å². The van der Waals surface area contributed by atoms with Crippen molar-refractivity contribution in [2.24, 2.45) is 0 Å². The summed E-state index contributed by atoms with van der Waals surface area (Å²) in [5, 5.41) is 8.33. The van der Waals surface area contributed by atoms with Gasteiger partial charge in [-0.25, -0.2) is 18.0 Å². The average Bonchev–Trinajstić information content (AvgIpc) is 2.03. The second kappa shape index (κ2) is 2.27. The number of amides is 1. The van der Waals surface area contributed by atoms with Crippen LogP contribution in [0.4, 0.5) is 18.0 Å². The fraction of sp³-hybridized carbons (Fsp3) is 0.833. The molecule has 0 aromatic carbocycles. The van der Waals surface area contributed by atoms with Crippen LogP contribution in [-0.2, 0) is 0 Å². The summed E-state index contributed by atoms with van der Waals surface area (Å²) in [5.41, 5.74) is 0. The third-order valence-corrected chi connectivity index (χ3v) is 2.05. The van der Waals surface area contributed by atoms with E-state index in [9.17, 15) is 18.0 Å². The predicted octanol–water partition coefficient (Wildman–Crippen LogP) is 1.69.